The highest BCUT2D eigenvalue weighted by Crippen LogP contribution is 2.33. The molecular formula is C14H19Cl2NO2. The summed E-state index contributed by atoms with van der Waals surface area (Å²) in [4.78, 5) is 1.93. The number of aliphatic hydroxyl groups excluding tert-OH is 2. The maximum atomic E-state index is 10.2. The van der Waals surface area contributed by atoms with Gasteiger partial charge in [-0.3, -0.25) is 0 Å². The topological polar surface area (TPSA) is 43.7 Å². The van der Waals surface area contributed by atoms with E-state index in [1.54, 1.807) is 18.2 Å². The van der Waals surface area contributed by atoms with E-state index < -0.39 is 6.10 Å². The van der Waals surface area contributed by atoms with Gasteiger partial charge in [0, 0.05) is 28.7 Å². The van der Waals surface area contributed by atoms with Crippen LogP contribution in [0.2, 0.25) is 10.0 Å². The first-order valence-corrected chi connectivity index (χ1v) is 7.22. The van der Waals surface area contributed by atoms with Gasteiger partial charge in [-0.15, -0.1) is 0 Å². The molecule has 0 bridgehead atoms. The number of hydrogen-bond acceptors (Lipinski definition) is 3. The Kier molecular flexibility index (Phi) is 5.09. The van der Waals surface area contributed by atoms with Crippen LogP contribution in [0.4, 0.5) is 0 Å². The fourth-order valence-electron chi connectivity index (χ4n) is 2.19. The fourth-order valence-corrected chi connectivity index (χ4v) is 2.72. The van der Waals surface area contributed by atoms with Gasteiger partial charge in [0.1, 0.15) is 0 Å². The maximum Gasteiger partial charge on any atom is 0.0931 e. The van der Waals surface area contributed by atoms with Crippen molar-refractivity contribution in [3.8, 4) is 0 Å². The van der Waals surface area contributed by atoms with Crippen LogP contribution in [0.3, 0.4) is 0 Å². The van der Waals surface area contributed by atoms with Gasteiger partial charge in [-0.25, -0.2) is 0 Å². The first kappa shape index (κ1) is 15.1. The molecule has 106 valence electrons. The van der Waals surface area contributed by atoms with Gasteiger partial charge in [0.2, 0.25) is 0 Å². The molecule has 1 fully saturated rings. The molecule has 5 heteroatoms. The summed E-state index contributed by atoms with van der Waals surface area (Å²) in [5.74, 6) is 0.443. The number of hydrogen-bond donors (Lipinski definition) is 2. The highest BCUT2D eigenvalue weighted by atomic mass is 35.5. The predicted octanol–water partition coefficient (Wildman–Crippen LogP) is 2.73. The van der Waals surface area contributed by atoms with Crippen molar-refractivity contribution in [1.82, 2.24) is 4.90 Å². The minimum atomic E-state index is -0.679. The fraction of sp³-hybridized carbons (Fsp3) is 0.571. The number of benzene rings is 1. The monoisotopic (exact) mass is 303 g/mol. The zero-order chi connectivity index (χ0) is 14.0. The van der Waals surface area contributed by atoms with Crippen molar-refractivity contribution in [3.05, 3.63) is 33.8 Å². The molecule has 0 aliphatic heterocycles. The predicted molar refractivity (Wildman–Crippen MR) is 77.6 cm³/mol. The highest BCUT2D eigenvalue weighted by molar-refractivity contribution is 6.35. The van der Waals surface area contributed by atoms with Gasteiger partial charge in [-0.2, -0.15) is 0 Å². The van der Waals surface area contributed by atoms with Gasteiger partial charge in [0.25, 0.3) is 0 Å². The van der Waals surface area contributed by atoms with E-state index in [2.05, 4.69) is 0 Å². The lowest BCUT2D eigenvalue weighted by atomic mass is 10.1. The molecule has 0 saturated heterocycles. The summed E-state index contributed by atoms with van der Waals surface area (Å²) >= 11 is 11.9. The summed E-state index contributed by atoms with van der Waals surface area (Å²) in [6.07, 6.45) is 1.25. The molecule has 1 aliphatic rings. The average molecular weight is 304 g/mol. The number of rotatable bonds is 6. The molecule has 0 spiro atoms. The molecule has 1 saturated carbocycles. The Hall–Kier alpha value is -0.320. The van der Waals surface area contributed by atoms with E-state index in [0.717, 1.165) is 12.8 Å². The van der Waals surface area contributed by atoms with Crippen molar-refractivity contribution in [1.29, 1.82) is 0 Å². The molecule has 0 heterocycles. The van der Waals surface area contributed by atoms with E-state index in [9.17, 15) is 10.2 Å². The van der Waals surface area contributed by atoms with Crippen LogP contribution in [0.15, 0.2) is 18.2 Å². The van der Waals surface area contributed by atoms with Gasteiger partial charge >= 0.3 is 0 Å². The molecule has 2 N–H and O–H groups in total. The minimum Gasteiger partial charge on any atom is -0.392 e. The van der Waals surface area contributed by atoms with Crippen LogP contribution >= 0.6 is 23.2 Å². The third-order valence-electron chi connectivity index (χ3n) is 3.47. The number of likely N-dealkylation sites (N-methyl/N-ethyl adjacent to an activating group) is 1. The van der Waals surface area contributed by atoms with Crippen molar-refractivity contribution < 1.29 is 10.2 Å². The largest absolute Gasteiger partial charge is 0.392 e. The molecule has 0 amide bonds. The molecule has 2 unspecified atom stereocenters. The summed E-state index contributed by atoms with van der Waals surface area (Å²) in [6.45, 7) is 1.01. The van der Waals surface area contributed by atoms with Crippen molar-refractivity contribution in [2.75, 3.05) is 20.1 Å². The molecule has 1 aliphatic carbocycles. The lowest BCUT2D eigenvalue weighted by Gasteiger charge is -2.23. The zero-order valence-corrected chi connectivity index (χ0v) is 12.4. The minimum absolute atomic E-state index is 0.294. The second-order valence-electron chi connectivity index (χ2n) is 5.31. The Morgan fingerprint density at radius 1 is 1.26 bits per heavy atom. The Balaban J connectivity index is 1.90. The molecule has 19 heavy (non-hydrogen) atoms. The lowest BCUT2D eigenvalue weighted by molar-refractivity contribution is 0.0733. The Morgan fingerprint density at radius 2 is 1.95 bits per heavy atom. The van der Waals surface area contributed by atoms with Crippen LogP contribution in [0, 0.1) is 5.92 Å². The van der Waals surface area contributed by atoms with E-state index in [0.29, 0.717) is 34.6 Å². The number of nitrogens with zero attached hydrogens (tertiary/aromatic N) is 1. The molecule has 2 rings (SSSR count). The molecule has 3 nitrogen and oxygen atoms in total. The molecular weight excluding hydrogens is 285 g/mol. The summed E-state index contributed by atoms with van der Waals surface area (Å²) < 4.78 is 0. The first-order chi connectivity index (χ1) is 8.97. The van der Waals surface area contributed by atoms with E-state index in [1.807, 2.05) is 11.9 Å². The quantitative estimate of drug-likeness (QED) is 0.849. The third kappa shape index (κ3) is 4.33. The maximum absolute atomic E-state index is 10.2. The van der Waals surface area contributed by atoms with Gasteiger partial charge < -0.3 is 15.1 Å². The van der Waals surface area contributed by atoms with Crippen LogP contribution < -0.4 is 0 Å². The third-order valence-corrected chi connectivity index (χ3v) is 4.03. The standard InChI is InChI=1S/C14H19Cl2NO2/c1-17(7-13(18)9-2-3-9)8-14(19)11-5-4-10(15)6-12(11)16/h4-6,9,13-14,18-19H,2-3,7-8H2,1H3. The van der Waals surface area contributed by atoms with Gasteiger partial charge in [-0.1, -0.05) is 29.3 Å². The van der Waals surface area contributed by atoms with Crippen molar-refractivity contribution >= 4 is 23.2 Å². The summed E-state index contributed by atoms with van der Waals surface area (Å²) in [5, 5.41) is 21.1. The summed E-state index contributed by atoms with van der Waals surface area (Å²) in [6, 6.07) is 5.08. The van der Waals surface area contributed by atoms with Crippen LogP contribution in [0.1, 0.15) is 24.5 Å². The molecule has 1 aromatic rings. The average Bonchev–Trinajstić information content (AvgIpc) is 3.11. The first-order valence-electron chi connectivity index (χ1n) is 6.47. The van der Waals surface area contributed by atoms with E-state index in [1.165, 1.54) is 0 Å². The van der Waals surface area contributed by atoms with Crippen LogP contribution in [-0.4, -0.2) is 41.4 Å². The van der Waals surface area contributed by atoms with Crippen LogP contribution in [0.25, 0.3) is 0 Å². The second kappa shape index (κ2) is 6.42. The van der Waals surface area contributed by atoms with Gasteiger partial charge in [0.15, 0.2) is 0 Å². The Labute approximate surface area is 123 Å². The van der Waals surface area contributed by atoms with Crippen molar-refractivity contribution in [2.24, 2.45) is 5.92 Å². The van der Waals surface area contributed by atoms with Crippen molar-refractivity contribution in [3.63, 3.8) is 0 Å². The normalized spacial score (nSPS) is 18.6. The highest BCUT2D eigenvalue weighted by Gasteiger charge is 2.30. The smallest absolute Gasteiger partial charge is 0.0931 e. The SMILES string of the molecule is CN(CC(O)c1ccc(Cl)cc1Cl)CC(O)C1CC1. The number of halogens is 2. The summed E-state index contributed by atoms with van der Waals surface area (Å²) in [7, 11) is 1.89. The Bertz CT molecular complexity index is 437. The lowest BCUT2D eigenvalue weighted by Crippen LogP contribution is -2.33. The molecule has 2 atom stereocenters. The molecule has 0 aromatic heterocycles. The second-order valence-corrected chi connectivity index (χ2v) is 6.15. The zero-order valence-electron chi connectivity index (χ0n) is 10.9. The Morgan fingerprint density at radius 3 is 2.53 bits per heavy atom. The molecule has 1 aromatic carbocycles. The summed E-state index contributed by atoms with van der Waals surface area (Å²) in [5.41, 5.74) is 0.666. The molecule has 0 radical (unpaired) electrons. The van der Waals surface area contributed by atoms with Crippen molar-refractivity contribution in [2.45, 2.75) is 25.0 Å². The van der Waals surface area contributed by atoms with E-state index in [4.69, 9.17) is 23.2 Å². The van der Waals surface area contributed by atoms with Crippen LogP contribution in [0.5, 0.6) is 0 Å². The van der Waals surface area contributed by atoms with Gasteiger partial charge in [-0.05, 0) is 37.9 Å². The van der Waals surface area contributed by atoms with Crippen LogP contribution in [-0.2, 0) is 0 Å². The van der Waals surface area contributed by atoms with Gasteiger partial charge in [0.05, 0.1) is 12.2 Å². The van der Waals surface area contributed by atoms with E-state index in [-0.39, 0.29) is 6.10 Å². The van der Waals surface area contributed by atoms with E-state index >= 15 is 0 Å². The number of aliphatic hydroxyl groups is 2.